The van der Waals surface area contributed by atoms with Gasteiger partial charge in [0.25, 0.3) is 0 Å². The second-order valence-corrected chi connectivity index (χ2v) is 6.14. The molecule has 5 heteroatoms. The molecule has 23 heavy (non-hydrogen) atoms. The van der Waals surface area contributed by atoms with Gasteiger partial charge in [0.2, 0.25) is 0 Å². The molecule has 0 saturated carbocycles. The van der Waals surface area contributed by atoms with E-state index in [1.165, 1.54) is 0 Å². The molecule has 0 spiro atoms. The molecule has 0 aromatic heterocycles. The molecule has 1 saturated heterocycles. The van der Waals surface area contributed by atoms with Crippen LogP contribution in [0.2, 0.25) is 0 Å². The molecule has 5 nitrogen and oxygen atoms in total. The lowest BCUT2D eigenvalue weighted by Crippen LogP contribution is -2.51. The van der Waals surface area contributed by atoms with Gasteiger partial charge in [0.05, 0.1) is 18.8 Å². The van der Waals surface area contributed by atoms with Crippen molar-refractivity contribution >= 4 is 5.97 Å². The number of benzene rings is 1. The van der Waals surface area contributed by atoms with E-state index < -0.39 is 12.3 Å². The number of carboxylic acids is 1. The summed E-state index contributed by atoms with van der Waals surface area (Å²) in [5, 5.41) is 8.87. The molecule has 2 rings (SSSR count). The summed E-state index contributed by atoms with van der Waals surface area (Å²) in [6.07, 6.45) is 0.262. The molecule has 2 unspecified atom stereocenters. The van der Waals surface area contributed by atoms with Crippen molar-refractivity contribution in [2.24, 2.45) is 11.8 Å². The molecule has 1 aromatic carbocycles. The van der Waals surface area contributed by atoms with Gasteiger partial charge in [-0.1, -0.05) is 51.1 Å². The number of rotatable bonds is 7. The van der Waals surface area contributed by atoms with E-state index >= 15 is 0 Å². The van der Waals surface area contributed by atoms with Crippen LogP contribution in [0, 0.1) is 11.8 Å². The van der Waals surface area contributed by atoms with Crippen LogP contribution in [0.15, 0.2) is 30.3 Å². The molecule has 1 heterocycles. The number of carbonyl (C=O) groups is 1. The maximum absolute atomic E-state index is 10.8. The number of hydrogen-bond donors (Lipinski definition) is 1. The predicted octanol–water partition coefficient (Wildman–Crippen LogP) is 3.08. The molecule has 0 aliphatic carbocycles. The topological polar surface area (TPSA) is 65.0 Å². The fraction of sp³-hybridized carbons (Fsp3) is 0.611. The van der Waals surface area contributed by atoms with Gasteiger partial charge in [-0.2, -0.15) is 0 Å². The van der Waals surface area contributed by atoms with Gasteiger partial charge in [0.1, 0.15) is 6.61 Å². The standard InChI is InChI=1S/C18H26O5/c1-4-15-12(2)17(21-11-16(19)20)13(3)18(23-15)22-10-14-8-6-5-7-9-14/h5-9,12-13,15,17-18H,4,10-11H2,1-3H3,(H,19,20)/t12-,13?,15?,17-,18+/m0/s1. The van der Waals surface area contributed by atoms with Crippen molar-refractivity contribution in [3.05, 3.63) is 35.9 Å². The summed E-state index contributed by atoms with van der Waals surface area (Å²) in [5.41, 5.74) is 1.08. The maximum Gasteiger partial charge on any atom is 0.329 e. The highest BCUT2D eigenvalue weighted by Gasteiger charge is 2.42. The van der Waals surface area contributed by atoms with E-state index in [2.05, 4.69) is 6.92 Å². The fourth-order valence-corrected chi connectivity index (χ4v) is 3.15. The lowest BCUT2D eigenvalue weighted by molar-refractivity contribution is -0.273. The van der Waals surface area contributed by atoms with Crippen LogP contribution in [0.3, 0.4) is 0 Å². The normalized spacial score (nSPS) is 31.0. The van der Waals surface area contributed by atoms with Gasteiger partial charge in [0.15, 0.2) is 6.29 Å². The second kappa shape index (κ2) is 8.43. The predicted molar refractivity (Wildman–Crippen MR) is 85.9 cm³/mol. The van der Waals surface area contributed by atoms with Gasteiger partial charge < -0.3 is 19.3 Å². The van der Waals surface area contributed by atoms with E-state index in [1.54, 1.807) is 0 Å². The van der Waals surface area contributed by atoms with Crippen molar-refractivity contribution in [3.63, 3.8) is 0 Å². The van der Waals surface area contributed by atoms with Crippen molar-refractivity contribution in [3.8, 4) is 0 Å². The van der Waals surface area contributed by atoms with Crippen LogP contribution < -0.4 is 0 Å². The van der Waals surface area contributed by atoms with Gasteiger partial charge in [-0.25, -0.2) is 4.79 Å². The lowest BCUT2D eigenvalue weighted by atomic mass is 9.84. The molecule has 128 valence electrons. The van der Waals surface area contributed by atoms with E-state index in [1.807, 2.05) is 44.2 Å². The average molecular weight is 322 g/mol. The van der Waals surface area contributed by atoms with Crippen molar-refractivity contribution in [2.75, 3.05) is 6.61 Å². The molecule has 0 radical (unpaired) electrons. The van der Waals surface area contributed by atoms with Crippen LogP contribution >= 0.6 is 0 Å². The highest BCUT2D eigenvalue weighted by molar-refractivity contribution is 5.68. The number of carboxylic acid groups (broad SMARTS) is 1. The summed E-state index contributed by atoms with van der Waals surface area (Å²) < 4.78 is 17.6. The van der Waals surface area contributed by atoms with Crippen LogP contribution in [-0.4, -0.2) is 36.2 Å². The summed E-state index contributed by atoms with van der Waals surface area (Å²) >= 11 is 0. The monoisotopic (exact) mass is 322 g/mol. The SMILES string of the molecule is CCC1O[C@@H](OCc2ccccc2)C(C)[C@@H](OCC(=O)O)[C@H]1C. The Bertz CT molecular complexity index is 489. The smallest absolute Gasteiger partial charge is 0.329 e. The van der Waals surface area contributed by atoms with E-state index in [4.69, 9.17) is 19.3 Å². The number of aliphatic carboxylic acids is 1. The third-order valence-electron chi connectivity index (χ3n) is 4.42. The van der Waals surface area contributed by atoms with E-state index in [9.17, 15) is 4.79 Å². The first-order valence-corrected chi connectivity index (χ1v) is 8.17. The van der Waals surface area contributed by atoms with Gasteiger partial charge in [-0.05, 0) is 12.0 Å². The van der Waals surface area contributed by atoms with Crippen LogP contribution in [-0.2, 0) is 25.6 Å². The molecule has 1 aromatic rings. The largest absolute Gasteiger partial charge is 0.480 e. The lowest BCUT2D eigenvalue weighted by Gasteiger charge is -2.44. The molecule has 5 atom stereocenters. The van der Waals surface area contributed by atoms with E-state index in [-0.39, 0.29) is 30.7 Å². The average Bonchev–Trinajstić information content (AvgIpc) is 2.55. The van der Waals surface area contributed by atoms with Gasteiger partial charge >= 0.3 is 5.97 Å². The van der Waals surface area contributed by atoms with Crippen LogP contribution in [0.25, 0.3) is 0 Å². The van der Waals surface area contributed by atoms with Gasteiger partial charge in [0, 0.05) is 11.8 Å². The third kappa shape index (κ3) is 4.77. The Morgan fingerprint density at radius 1 is 1.17 bits per heavy atom. The maximum atomic E-state index is 10.8. The first-order valence-electron chi connectivity index (χ1n) is 8.17. The fourth-order valence-electron chi connectivity index (χ4n) is 3.15. The molecule has 1 aliphatic heterocycles. The zero-order valence-corrected chi connectivity index (χ0v) is 14.0. The Morgan fingerprint density at radius 2 is 1.87 bits per heavy atom. The minimum atomic E-state index is -0.953. The van der Waals surface area contributed by atoms with Gasteiger partial charge in [-0.15, -0.1) is 0 Å². The van der Waals surface area contributed by atoms with Crippen molar-refractivity contribution < 1.29 is 24.1 Å². The Hall–Kier alpha value is -1.43. The summed E-state index contributed by atoms with van der Waals surface area (Å²) in [6.45, 7) is 6.27. The second-order valence-electron chi connectivity index (χ2n) is 6.14. The Morgan fingerprint density at radius 3 is 2.48 bits per heavy atom. The summed E-state index contributed by atoms with van der Waals surface area (Å²) in [4.78, 5) is 10.8. The highest BCUT2D eigenvalue weighted by Crippen LogP contribution is 2.34. The summed E-state index contributed by atoms with van der Waals surface area (Å²) in [6, 6.07) is 9.92. The molecule has 1 fully saturated rings. The van der Waals surface area contributed by atoms with Crippen LogP contribution in [0.5, 0.6) is 0 Å². The van der Waals surface area contributed by atoms with Crippen LogP contribution in [0.1, 0.15) is 32.8 Å². The first-order chi connectivity index (χ1) is 11.0. The molecule has 1 N–H and O–H groups in total. The van der Waals surface area contributed by atoms with E-state index in [0.717, 1.165) is 12.0 Å². The van der Waals surface area contributed by atoms with Crippen LogP contribution in [0.4, 0.5) is 0 Å². The Balaban J connectivity index is 2.01. The molecular formula is C18H26O5. The minimum absolute atomic E-state index is 0.00534. The molecular weight excluding hydrogens is 296 g/mol. The highest BCUT2D eigenvalue weighted by atomic mass is 16.7. The Labute approximate surface area is 137 Å². The summed E-state index contributed by atoms with van der Waals surface area (Å²) in [7, 11) is 0. The van der Waals surface area contributed by atoms with E-state index in [0.29, 0.717) is 6.61 Å². The van der Waals surface area contributed by atoms with Crippen molar-refractivity contribution in [2.45, 2.75) is 52.3 Å². The molecule has 1 aliphatic rings. The molecule has 0 amide bonds. The van der Waals surface area contributed by atoms with Gasteiger partial charge in [-0.3, -0.25) is 0 Å². The summed E-state index contributed by atoms with van der Waals surface area (Å²) in [5.74, 6) is -0.854. The number of hydrogen-bond acceptors (Lipinski definition) is 4. The third-order valence-corrected chi connectivity index (χ3v) is 4.42. The first kappa shape index (κ1) is 17.9. The Kier molecular flexibility index (Phi) is 6.57. The minimum Gasteiger partial charge on any atom is -0.480 e. The zero-order valence-electron chi connectivity index (χ0n) is 14.0. The van der Waals surface area contributed by atoms with Crippen molar-refractivity contribution in [1.82, 2.24) is 0 Å². The quantitative estimate of drug-likeness (QED) is 0.836. The zero-order chi connectivity index (χ0) is 16.8. The van der Waals surface area contributed by atoms with Crippen molar-refractivity contribution in [1.29, 1.82) is 0 Å². The number of ether oxygens (including phenoxy) is 3. The molecule has 0 bridgehead atoms.